The first-order valence-corrected chi connectivity index (χ1v) is 5.87. The lowest BCUT2D eigenvalue weighted by atomic mass is 9.99. The number of hydrogen-bond donors (Lipinski definition) is 0. The average molecular weight is 206 g/mol. The molecular weight excluding hydrogens is 192 g/mol. The fourth-order valence-electron chi connectivity index (χ4n) is 1.78. The van der Waals surface area contributed by atoms with Crippen molar-refractivity contribution in [2.24, 2.45) is 5.92 Å². The third-order valence-corrected chi connectivity index (χ3v) is 3.67. The van der Waals surface area contributed by atoms with E-state index >= 15 is 0 Å². The minimum absolute atomic E-state index is 0.316. The van der Waals surface area contributed by atoms with Gasteiger partial charge in [0.15, 0.2) is 5.78 Å². The predicted molar refractivity (Wildman–Crippen MR) is 59.9 cm³/mol. The summed E-state index contributed by atoms with van der Waals surface area (Å²) in [6, 6.07) is 2.00. The molecule has 1 aromatic rings. The summed E-state index contributed by atoms with van der Waals surface area (Å²) in [5.41, 5.74) is 1.20. The van der Waals surface area contributed by atoms with Crippen LogP contribution in [-0.2, 0) is 0 Å². The first-order valence-electron chi connectivity index (χ1n) is 4.99. The molecule has 0 saturated heterocycles. The fraction of sp³-hybridized carbons (Fsp3) is 0.417. The van der Waals surface area contributed by atoms with E-state index in [-0.39, 0.29) is 0 Å². The molecule has 1 nitrogen and oxygen atoms in total. The molecule has 1 aliphatic rings. The molecule has 0 fully saturated rings. The maximum Gasteiger partial charge on any atom is 0.173 e. The van der Waals surface area contributed by atoms with Gasteiger partial charge in [0.1, 0.15) is 0 Å². The smallest absolute Gasteiger partial charge is 0.173 e. The van der Waals surface area contributed by atoms with Gasteiger partial charge in [-0.05, 0) is 42.7 Å². The Morgan fingerprint density at radius 2 is 2.21 bits per heavy atom. The number of rotatable bonds is 3. The van der Waals surface area contributed by atoms with Crippen LogP contribution in [0, 0.1) is 12.8 Å². The molecule has 1 aliphatic carbocycles. The van der Waals surface area contributed by atoms with Gasteiger partial charge in [-0.25, -0.2) is 0 Å². The lowest BCUT2D eigenvalue weighted by molar-refractivity contribution is 0.0967. The largest absolute Gasteiger partial charge is 0.293 e. The molecule has 0 unspecified atom stereocenters. The average Bonchev–Trinajstić information content (AvgIpc) is 2.75. The Kier molecular flexibility index (Phi) is 2.82. The third-order valence-electron chi connectivity index (χ3n) is 2.58. The molecule has 0 atom stereocenters. The van der Waals surface area contributed by atoms with Crippen molar-refractivity contribution in [1.29, 1.82) is 0 Å². The van der Waals surface area contributed by atoms with Gasteiger partial charge >= 0.3 is 0 Å². The van der Waals surface area contributed by atoms with Gasteiger partial charge in [0.05, 0.1) is 4.88 Å². The van der Waals surface area contributed by atoms with Gasteiger partial charge in [-0.3, -0.25) is 4.79 Å². The summed E-state index contributed by atoms with van der Waals surface area (Å²) < 4.78 is 0. The van der Waals surface area contributed by atoms with Crippen molar-refractivity contribution in [2.75, 3.05) is 0 Å². The summed E-state index contributed by atoms with van der Waals surface area (Å²) in [4.78, 5) is 12.7. The second-order valence-corrected chi connectivity index (χ2v) is 4.84. The molecule has 74 valence electrons. The number of Topliss-reactive ketones (excluding diaryl/α,β-unsaturated/α-hetero) is 1. The Hall–Kier alpha value is -0.890. The topological polar surface area (TPSA) is 17.1 Å². The van der Waals surface area contributed by atoms with E-state index in [4.69, 9.17) is 0 Å². The van der Waals surface area contributed by atoms with Crippen molar-refractivity contribution in [3.8, 4) is 0 Å². The van der Waals surface area contributed by atoms with Crippen LogP contribution in [0.5, 0.6) is 0 Å². The summed E-state index contributed by atoms with van der Waals surface area (Å²) in [6.45, 7) is 2.03. The zero-order chi connectivity index (χ0) is 9.97. The van der Waals surface area contributed by atoms with E-state index < -0.39 is 0 Å². The van der Waals surface area contributed by atoms with E-state index in [1.807, 2.05) is 18.4 Å². The number of carbonyl (C=O) groups excluding carboxylic acids is 1. The maximum atomic E-state index is 11.8. The molecule has 1 heterocycles. The van der Waals surface area contributed by atoms with Crippen molar-refractivity contribution in [1.82, 2.24) is 0 Å². The van der Waals surface area contributed by atoms with E-state index in [1.165, 1.54) is 5.56 Å². The Morgan fingerprint density at radius 3 is 2.79 bits per heavy atom. The van der Waals surface area contributed by atoms with Crippen LogP contribution in [0.4, 0.5) is 0 Å². The van der Waals surface area contributed by atoms with E-state index in [1.54, 1.807) is 11.3 Å². The van der Waals surface area contributed by atoms with E-state index in [0.29, 0.717) is 18.1 Å². The summed E-state index contributed by atoms with van der Waals surface area (Å²) in [5.74, 6) is 0.877. The minimum atomic E-state index is 0.316. The summed E-state index contributed by atoms with van der Waals surface area (Å²) in [5, 5.41) is 2.04. The van der Waals surface area contributed by atoms with Crippen LogP contribution in [-0.4, -0.2) is 5.78 Å². The van der Waals surface area contributed by atoms with E-state index in [0.717, 1.165) is 17.7 Å². The highest BCUT2D eigenvalue weighted by atomic mass is 32.1. The molecule has 14 heavy (non-hydrogen) atoms. The standard InChI is InChI=1S/C12H14OS/c1-9-6-12(14-8-9)11(13)7-10-4-2-3-5-10/h2-3,6,8,10H,4-5,7H2,1H3. The van der Waals surface area contributed by atoms with Crippen LogP contribution < -0.4 is 0 Å². The molecule has 0 spiro atoms. The second kappa shape index (κ2) is 4.09. The zero-order valence-electron chi connectivity index (χ0n) is 8.32. The molecule has 0 aromatic carbocycles. The van der Waals surface area contributed by atoms with Crippen LogP contribution in [0.15, 0.2) is 23.6 Å². The first-order chi connectivity index (χ1) is 6.75. The molecule has 1 aromatic heterocycles. The summed E-state index contributed by atoms with van der Waals surface area (Å²) in [7, 11) is 0. The lowest BCUT2D eigenvalue weighted by Gasteiger charge is -2.05. The first kappa shape index (κ1) is 9.66. The Bertz CT molecular complexity index is 354. The van der Waals surface area contributed by atoms with Crippen molar-refractivity contribution in [2.45, 2.75) is 26.2 Å². The maximum absolute atomic E-state index is 11.8. The molecule has 2 heteroatoms. The van der Waals surface area contributed by atoms with Crippen molar-refractivity contribution in [3.63, 3.8) is 0 Å². The molecule has 0 N–H and O–H groups in total. The normalized spacial score (nSPS) is 16.4. The number of allylic oxidation sites excluding steroid dienone is 2. The highest BCUT2D eigenvalue weighted by Gasteiger charge is 2.16. The van der Waals surface area contributed by atoms with Crippen molar-refractivity contribution in [3.05, 3.63) is 34.0 Å². The molecule has 0 radical (unpaired) electrons. The van der Waals surface area contributed by atoms with E-state index in [9.17, 15) is 4.79 Å². The minimum Gasteiger partial charge on any atom is -0.293 e. The third kappa shape index (κ3) is 2.13. The van der Waals surface area contributed by atoms with Crippen LogP contribution in [0.25, 0.3) is 0 Å². The SMILES string of the molecule is Cc1csc(C(=O)CC2CC=CC2)c1. The fourth-order valence-corrected chi connectivity index (χ4v) is 2.63. The van der Waals surface area contributed by atoms with E-state index in [2.05, 4.69) is 12.2 Å². The quantitative estimate of drug-likeness (QED) is 0.545. The van der Waals surface area contributed by atoms with Gasteiger partial charge in [-0.15, -0.1) is 11.3 Å². The molecule has 0 bridgehead atoms. The van der Waals surface area contributed by atoms with Gasteiger partial charge in [-0.2, -0.15) is 0 Å². The lowest BCUT2D eigenvalue weighted by Crippen LogP contribution is -2.04. The Morgan fingerprint density at radius 1 is 1.50 bits per heavy atom. The molecule has 0 amide bonds. The van der Waals surface area contributed by atoms with Gasteiger partial charge < -0.3 is 0 Å². The van der Waals surface area contributed by atoms with Gasteiger partial charge in [0, 0.05) is 6.42 Å². The predicted octanol–water partition coefficient (Wildman–Crippen LogP) is 3.60. The molecule has 0 aliphatic heterocycles. The summed E-state index contributed by atoms with van der Waals surface area (Å²) >= 11 is 1.57. The number of carbonyl (C=O) groups is 1. The van der Waals surface area contributed by atoms with Crippen molar-refractivity contribution < 1.29 is 4.79 Å². The number of thiophene rings is 1. The number of ketones is 1. The van der Waals surface area contributed by atoms with Gasteiger partial charge in [0.25, 0.3) is 0 Å². The zero-order valence-corrected chi connectivity index (χ0v) is 9.14. The van der Waals surface area contributed by atoms with Gasteiger partial charge in [0.2, 0.25) is 0 Å². The second-order valence-electron chi connectivity index (χ2n) is 3.92. The Balaban J connectivity index is 1.95. The molecular formula is C12H14OS. The number of aryl methyl sites for hydroxylation is 1. The van der Waals surface area contributed by atoms with Crippen LogP contribution in [0.2, 0.25) is 0 Å². The summed E-state index contributed by atoms with van der Waals surface area (Å²) in [6.07, 6.45) is 7.23. The highest BCUT2D eigenvalue weighted by molar-refractivity contribution is 7.12. The number of hydrogen-bond acceptors (Lipinski definition) is 2. The Labute approximate surface area is 88.5 Å². The van der Waals surface area contributed by atoms with Crippen molar-refractivity contribution >= 4 is 17.1 Å². The van der Waals surface area contributed by atoms with Crippen LogP contribution >= 0.6 is 11.3 Å². The highest BCUT2D eigenvalue weighted by Crippen LogP contribution is 2.25. The molecule has 0 saturated carbocycles. The van der Waals surface area contributed by atoms with Crippen LogP contribution in [0.1, 0.15) is 34.5 Å². The van der Waals surface area contributed by atoms with Gasteiger partial charge in [-0.1, -0.05) is 12.2 Å². The van der Waals surface area contributed by atoms with Crippen LogP contribution in [0.3, 0.4) is 0 Å². The monoisotopic (exact) mass is 206 g/mol. The molecule has 2 rings (SSSR count).